The Morgan fingerprint density at radius 2 is 1.00 bits per heavy atom. The van der Waals surface area contributed by atoms with E-state index in [2.05, 4.69) is 44.3 Å². The maximum atomic E-state index is 12.7. The lowest BCUT2D eigenvalue weighted by atomic mass is 9.87. The van der Waals surface area contributed by atoms with Crippen LogP contribution in [-0.4, -0.2) is 68.0 Å². The zero-order valence-corrected chi connectivity index (χ0v) is 31.0. The molecule has 55 heavy (non-hydrogen) atoms. The van der Waals surface area contributed by atoms with Gasteiger partial charge in [-0.05, 0) is 95.0 Å². The van der Waals surface area contributed by atoms with Crippen molar-refractivity contribution < 1.29 is 51.9 Å². The van der Waals surface area contributed by atoms with Crippen molar-refractivity contribution in [2.45, 2.75) is 51.6 Å². The van der Waals surface area contributed by atoms with Crippen molar-refractivity contribution >= 4 is 11.9 Å². The minimum atomic E-state index is -4.14. The van der Waals surface area contributed by atoms with Crippen LogP contribution < -0.4 is 9.47 Å². The summed E-state index contributed by atoms with van der Waals surface area (Å²) in [4.78, 5) is 23.3. The molecule has 0 fully saturated rings. The lowest BCUT2D eigenvalue weighted by Gasteiger charge is -2.18. The Bertz CT molecular complexity index is 1880. The summed E-state index contributed by atoms with van der Waals surface area (Å²) in [5, 5.41) is 17.9. The predicted octanol–water partition coefficient (Wildman–Crippen LogP) is 8.99. The summed E-state index contributed by atoms with van der Waals surface area (Å²) < 4.78 is 59.5. The smallest absolute Gasteiger partial charge is 0.389 e. The van der Waals surface area contributed by atoms with Crippen molar-refractivity contribution in [3.8, 4) is 44.9 Å². The maximum Gasteiger partial charge on any atom is 0.389 e. The van der Waals surface area contributed by atoms with Gasteiger partial charge < -0.3 is 29.2 Å². The second kappa shape index (κ2) is 20.9. The van der Waals surface area contributed by atoms with E-state index in [0.717, 1.165) is 50.9 Å². The normalized spacial score (nSPS) is 11.2. The van der Waals surface area contributed by atoms with Crippen LogP contribution in [0.3, 0.4) is 0 Å². The summed E-state index contributed by atoms with van der Waals surface area (Å²) in [5.74, 6) is -0.124. The number of esters is 2. The topological polar surface area (TPSA) is 112 Å². The van der Waals surface area contributed by atoms with Crippen LogP contribution in [-0.2, 0) is 25.5 Å². The third kappa shape index (κ3) is 13.2. The van der Waals surface area contributed by atoms with E-state index in [4.69, 9.17) is 29.2 Å². The molecule has 0 aliphatic heterocycles. The van der Waals surface area contributed by atoms with Gasteiger partial charge in [0.2, 0.25) is 0 Å². The molecule has 4 aromatic carbocycles. The van der Waals surface area contributed by atoms with Gasteiger partial charge in [-0.25, -0.2) is 9.59 Å². The number of ether oxygens (including phenoxy) is 4. The van der Waals surface area contributed by atoms with Crippen molar-refractivity contribution in [3.63, 3.8) is 0 Å². The van der Waals surface area contributed by atoms with Gasteiger partial charge in [-0.2, -0.15) is 13.2 Å². The Balaban J connectivity index is 1.46. The van der Waals surface area contributed by atoms with E-state index < -0.39 is 37.7 Å². The van der Waals surface area contributed by atoms with E-state index in [9.17, 15) is 22.8 Å². The molecule has 0 saturated carbocycles. The van der Waals surface area contributed by atoms with Crippen molar-refractivity contribution in [1.29, 1.82) is 0 Å². The molecule has 0 heterocycles. The first-order chi connectivity index (χ1) is 26.4. The number of carbonyl (C=O) groups excluding carboxylic acids is 2. The quantitative estimate of drug-likeness (QED) is 0.0492. The van der Waals surface area contributed by atoms with Gasteiger partial charge >= 0.3 is 18.1 Å². The molecule has 2 N–H and O–H groups in total. The molecule has 0 aromatic heterocycles. The zero-order chi connectivity index (χ0) is 39.8. The molecule has 4 rings (SSSR count). The van der Waals surface area contributed by atoms with E-state index in [1.807, 2.05) is 60.7 Å². The number of unbranched alkanes of at least 4 members (excludes halogenated alkanes) is 3. The molecular weight excluding hydrogens is 713 g/mol. The average molecular weight is 761 g/mol. The maximum absolute atomic E-state index is 12.7. The lowest BCUT2D eigenvalue weighted by molar-refractivity contribution is -0.141. The van der Waals surface area contributed by atoms with Crippen molar-refractivity contribution in [3.05, 3.63) is 120 Å². The number of benzene rings is 4. The number of halogens is 3. The number of hydrogen-bond acceptors (Lipinski definition) is 8. The fourth-order valence-electron chi connectivity index (χ4n) is 5.88. The van der Waals surface area contributed by atoms with Gasteiger partial charge in [0.1, 0.15) is 37.9 Å². The van der Waals surface area contributed by atoms with E-state index >= 15 is 0 Å². The molecule has 0 atom stereocenters. The van der Waals surface area contributed by atoms with Crippen LogP contribution in [0.25, 0.3) is 33.4 Å². The van der Waals surface area contributed by atoms with Gasteiger partial charge in [0, 0.05) is 6.42 Å². The summed E-state index contributed by atoms with van der Waals surface area (Å²) in [6, 6.07) is 27.5. The summed E-state index contributed by atoms with van der Waals surface area (Å²) in [6.07, 6.45) is -2.11. The Hall–Kier alpha value is -5.39. The van der Waals surface area contributed by atoms with Crippen LogP contribution in [0.15, 0.2) is 109 Å². The van der Waals surface area contributed by atoms with Gasteiger partial charge in [0.15, 0.2) is 0 Å². The minimum absolute atomic E-state index is 0.00819. The lowest BCUT2D eigenvalue weighted by Crippen LogP contribution is -2.14. The highest BCUT2D eigenvalue weighted by molar-refractivity contribution is 5.88. The molecular formula is C44H47F3O8. The number of aliphatic hydroxyl groups excluding tert-OH is 2. The van der Waals surface area contributed by atoms with E-state index in [-0.39, 0.29) is 44.0 Å². The van der Waals surface area contributed by atoms with Crippen LogP contribution >= 0.6 is 0 Å². The minimum Gasteiger partial charge on any atom is -0.490 e. The third-order valence-electron chi connectivity index (χ3n) is 8.91. The number of alkyl halides is 3. The predicted molar refractivity (Wildman–Crippen MR) is 206 cm³/mol. The standard InChI is InChI=1S/C44H47F3O8/c1-30(28-48)42(50)54-26-24-52-37-17-13-34(14-18-37)33-9-11-36(12-10-33)41-22-21-39(32(3)40(41)8-6-4-5-7-23-44(45,46)47)35-15-19-38(20-16-35)53-25-27-55-43(51)31(2)29-49/h9-22,48-49H,1-2,4-8,23-29H2,3H3. The molecule has 0 spiro atoms. The zero-order valence-electron chi connectivity index (χ0n) is 31.0. The molecule has 0 bridgehead atoms. The summed E-state index contributed by atoms with van der Waals surface area (Å²) in [5.41, 5.74) is 8.27. The number of hydrogen-bond donors (Lipinski definition) is 2. The van der Waals surface area contributed by atoms with Crippen LogP contribution in [0.4, 0.5) is 13.2 Å². The number of aliphatic hydroxyl groups is 2. The number of rotatable bonds is 21. The monoisotopic (exact) mass is 760 g/mol. The largest absolute Gasteiger partial charge is 0.490 e. The summed E-state index contributed by atoms with van der Waals surface area (Å²) in [7, 11) is 0. The first-order valence-electron chi connectivity index (χ1n) is 18.1. The molecule has 0 aliphatic rings. The van der Waals surface area contributed by atoms with Crippen molar-refractivity contribution in [1.82, 2.24) is 0 Å². The van der Waals surface area contributed by atoms with Gasteiger partial charge in [0.05, 0.1) is 24.4 Å². The van der Waals surface area contributed by atoms with Gasteiger partial charge in [-0.15, -0.1) is 0 Å². The van der Waals surface area contributed by atoms with Crippen LogP contribution in [0.2, 0.25) is 0 Å². The molecule has 292 valence electrons. The molecule has 8 nitrogen and oxygen atoms in total. The van der Waals surface area contributed by atoms with Crippen LogP contribution in [0.1, 0.15) is 43.2 Å². The molecule has 4 aromatic rings. The Kier molecular flexibility index (Phi) is 16.1. The molecule has 0 aliphatic carbocycles. The Labute approximate surface area is 319 Å². The highest BCUT2D eigenvalue weighted by Crippen LogP contribution is 2.36. The first-order valence-corrected chi connectivity index (χ1v) is 18.1. The van der Waals surface area contributed by atoms with Crippen LogP contribution in [0.5, 0.6) is 11.5 Å². The van der Waals surface area contributed by atoms with Gasteiger partial charge in [0.25, 0.3) is 0 Å². The number of carbonyl (C=O) groups is 2. The third-order valence-corrected chi connectivity index (χ3v) is 8.91. The second-order valence-corrected chi connectivity index (χ2v) is 12.9. The molecule has 0 radical (unpaired) electrons. The van der Waals surface area contributed by atoms with Gasteiger partial charge in [-0.1, -0.05) is 86.7 Å². The van der Waals surface area contributed by atoms with E-state index in [1.54, 1.807) is 0 Å². The fraction of sp³-hybridized carbons (Fsp3) is 0.318. The fourth-order valence-corrected chi connectivity index (χ4v) is 5.88. The highest BCUT2D eigenvalue weighted by Gasteiger charge is 2.25. The van der Waals surface area contributed by atoms with Crippen LogP contribution in [0, 0.1) is 6.92 Å². The summed E-state index contributed by atoms with van der Waals surface area (Å²) in [6.45, 7) is 8.31. The Morgan fingerprint density at radius 3 is 1.49 bits per heavy atom. The molecule has 0 unspecified atom stereocenters. The SMILES string of the molecule is C=C(CO)C(=O)OCCOc1ccc(-c2ccc(-c3ccc(-c4ccc(OCCOC(=O)C(=C)CO)cc4)c(C)c3CCCCCCC(F)(F)F)cc2)cc1. The Morgan fingerprint density at radius 1 is 0.582 bits per heavy atom. The molecule has 0 saturated heterocycles. The average Bonchev–Trinajstić information content (AvgIpc) is 3.19. The van der Waals surface area contributed by atoms with Crippen molar-refractivity contribution in [2.24, 2.45) is 0 Å². The first kappa shape index (κ1) is 42.4. The summed E-state index contributed by atoms with van der Waals surface area (Å²) >= 11 is 0. The van der Waals surface area contributed by atoms with Crippen molar-refractivity contribution in [2.75, 3.05) is 39.6 Å². The molecule has 0 amide bonds. The highest BCUT2D eigenvalue weighted by atomic mass is 19.4. The molecule has 11 heteroatoms. The van der Waals surface area contributed by atoms with Gasteiger partial charge in [-0.3, -0.25) is 0 Å². The van der Waals surface area contributed by atoms with E-state index in [0.29, 0.717) is 30.8 Å². The van der Waals surface area contributed by atoms with E-state index in [1.165, 1.54) is 0 Å². The second-order valence-electron chi connectivity index (χ2n) is 12.9.